The predicted octanol–water partition coefficient (Wildman–Crippen LogP) is 3.16. The standard InChI is InChI=1S/C20H25FN4O.HI/c1-2-23-19(24-13-18(26)15-7-11-22-12-8-15)25-14-20(9-10-20)16-5-3-4-6-17(16)21;/h3-8,11-12,18,26H,2,9-10,13-14H2,1H3,(H2,23,24,25);1H. The fourth-order valence-corrected chi connectivity index (χ4v) is 3.02. The van der Waals surface area contributed by atoms with Crippen molar-refractivity contribution in [2.24, 2.45) is 4.99 Å². The van der Waals surface area contributed by atoms with Crippen LogP contribution in [0.2, 0.25) is 0 Å². The van der Waals surface area contributed by atoms with Crippen molar-refractivity contribution < 1.29 is 9.50 Å². The van der Waals surface area contributed by atoms with Gasteiger partial charge in [0.2, 0.25) is 0 Å². The second-order valence-electron chi connectivity index (χ2n) is 6.63. The number of aromatic nitrogens is 1. The van der Waals surface area contributed by atoms with E-state index in [0.717, 1.165) is 24.0 Å². The van der Waals surface area contributed by atoms with Gasteiger partial charge in [0.25, 0.3) is 0 Å². The van der Waals surface area contributed by atoms with Crippen molar-refractivity contribution in [3.05, 3.63) is 65.7 Å². The summed E-state index contributed by atoms with van der Waals surface area (Å²) in [5.41, 5.74) is 1.35. The predicted molar refractivity (Wildman–Crippen MR) is 116 cm³/mol. The molecular weight excluding hydrogens is 458 g/mol. The minimum atomic E-state index is -0.650. The van der Waals surface area contributed by atoms with Crippen LogP contribution in [0.4, 0.5) is 4.39 Å². The fraction of sp³-hybridized carbons (Fsp3) is 0.400. The van der Waals surface area contributed by atoms with Gasteiger partial charge in [0.1, 0.15) is 5.82 Å². The third-order valence-electron chi connectivity index (χ3n) is 4.74. The molecule has 1 saturated carbocycles. The van der Waals surface area contributed by atoms with Crippen molar-refractivity contribution in [3.8, 4) is 0 Å². The van der Waals surface area contributed by atoms with Crippen molar-refractivity contribution in [2.45, 2.75) is 31.3 Å². The maximum absolute atomic E-state index is 14.1. The summed E-state index contributed by atoms with van der Waals surface area (Å²) in [7, 11) is 0. The second-order valence-corrected chi connectivity index (χ2v) is 6.63. The molecule has 0 amide bonds. The lowest BCUT2D eigenvalue weighted by molar-refractivity contribution is 0.180. The fourth-order valence-electron chi connectivity index (χ4n) is 3.02. The smallest absolute Gasteiger partial charge is 0.191 e. The first-order valence-electron chi connectivity index (χ1n) is 9.00. The highest BCUT2D eigenvalue weighted by Gasteiger charge is 2.45. The van der Waals surface area contributed by atoms with Crippen molar-refractivity contribution >= 4 is 29.9 Å². The van der Waals surface area contributed by atoms with Gasteiger partial charge in [0, 0.05) is 30.9 Å². The zero-order valence-corrected chi connectivity index (χ0v) is 17.7. The molecule has 3 N–H and O–H groups in total. The summed E-state index contributed by atoms with van der Waals surface area (Å²) >= 11 is 0. The summed E-state index contributed by atoms with van der Waals surface area (Å²) < 4.78 is 14.1. The highest BCUT2D eigenvalue weighted by Crippen LogP contribution is 2.49. The lowest BCUT2D eigenvalue weighted by atomic mass is 9.95. The van der Waals surface area contributed by atoms with Crippen LogP contribution in [-0.2, 0) is 5.41 Å². The molecule has 146 valence electrons. The topological polar surface area (TPSA) is 69.5 Å². The number of halogens is 2. The summed E-state index contributed by atoms with van der Waals surface area (Å²) in [4.78, 5) is 8.59. The zero-order chi connectivity index (χ0) is 18.4. The van der Waals surface area contributed by atoms with E-state index in [2.05, 4.69) is 20.6 Å². The molecule has 0 saturated heterocycles. The number of rotatable bonds is 7. The van der Waals surface area contributed by atoms with Crippen LogP contribution >= 0.6 is 24.0 Å². The average molecular weight is 484 g/mol. The number of aliphatic hydroxyl groups excluding tert-OH is 1. The van der Waals surface area contributed by atoms with Gasteiger partial charge in [-0.2, -0.15) is 0 Å². The largest absolute Gasteiger partial charge is 0.387 e. The zero-order valence-electron chi connectivity index (χ0n) is 15.4. The van der Waals surface area contributed by atoms with Crippen LogP contribution in [-0.4, -0.2) is 35.7 Å². The second kappa shape index (κ2) is 9.98. The number of guanidine groups is 1. The molecule has 3 rings (SSSR count). The lowest BCUT2D eigenvalue weighted by Gasteiger charge is -2.18. The Hall–Kier alpha value is -1.74. The molecule has 0 spiro atoms. The van der Waals surface area contributed by atoms with Crippen LogP contribution in [0.1, 0.15) is 37.0 Å². The summed E-state index contributed by atoms with van der Waals surface area (Å²) in [5, 5.41) is 16.6. The van der Waals surface area contributed by atoms with Gasteiger partial charge in [-0.05, 0) is 49.1 Å². The van der Waals surface area contributed by atoms with Gasteiger partial charge in [-0.25, -0.2) is 4.39 Å². The molecule has 5 nitrogen and oxygen atoms in total. The summed E-state index contributed by atoms with van der Waals surface area (Å²) in [5.74, 6) is 0.467. The first-order valence-corrected chi connectivity index (χ1v) is 9.00. The minimum Gasteiger partial charge on any atom is -0.387 e. The average Bonchev–Trinajstić information content (AvgIpc) is 3.46. The van der Waals surface area contributed by atoms with Crippen LogP contribution in [0.15, 0.2) is 53.8 Å². The van der Waals surface area contributed by atoms with Crippen molar-refractivity contribution in [2.75, 3.05) is 19.6 Å². The van der Waals surface area contributed by atoms with E-state index < -0.39 is 6.10 Å². The Morgan fingerprint density at radius 2 is 1.93 bits per heavy atom. The molecular formula is C20H26FIN4O. The van der Waals surface area contributed by atoms with Crippen molar-refractivity contribution in [1.82, 2.24) is 15.6 Å². The normalized spacial score (nSPS) is 16.2. The van der Waals surface area contributed by atoms with E-state index in [1.165, 1.54) is 6.07 Å². The molecule has 1 fully saturated rings. The Labute approximate surface area is 176 Å². The number of aliphatic imine (C=N–C) groups is 1. The number of pyridine rings is 1. The van der Waals surface area contributed by atoms with E-state index in [1.807, 2.05) is 19.1 Å². The van der Waals surface area contributed by atoms with E-state index in [9.17, 15) is 9.50 Å². The lowest BCUT2D eigenvalue weighted by Crippen LogP contribution is -2.40. The molecule has 27 heavy (non-hydrogen) atoms. The van der Waals surface area contributed by atoms with Crippen molar-refractivity contribution in [1.29, 1.82) is 0 Å². The third kappa shape index (κ3) is 5.62. The highest BCUT2D eigenvalue weighted by atomic mass is 127. The quantitative estimate of drug-likeness (QED) is 0.321. The van der Waals surface area contributed by atoms with Crippen LogP contribution < -0.4 is 10.6 Å². The third-order valence-corrected chi connectivity index (χ3v) is 4.74. The maximum atomic E-state index is 14.1. The SMILES string of the molecule is CCNC(=NCC1(c2ccccc2F)CC1)NCC(O)c1ccncc1.I. The maximum Gasteiger partial charge on any atom is 0.191 e. The van der Waals surface area contributed by atoms with Crippen LogP contribution in [0.3, 0.4) is 0 Å². The molecule has 1 atom stereocenters. The Kier molecular flexibility index (Phi) is 7.97. The molecule has 0 aliphatic heterocycles. The number of hydrogen-bond donors (Lipinski definition) is 3. The van der Waals surface area contributed by atoms with Gasteiger partial charge in [0.15, 0.2) is 5.96 Å². The Morgan fingerprint density at radius 1 is 1.22 bits per heavy atom. The summed E-state index contributed by atoms with van der Waals surface area (Å²) in [6, 6.07) is 10.5. The van der Waals surface area contributed by atoms with Gasteiger partial charge in [-0.1, -0.05) is 18.2 Å². The van der Waals surface area contributed by atoms with Gasteiger partial charge >= 0.3 is 0 Å². The van der Waals surface area contributed by atoms with Crippen LogP contribution in [0.5, 0.6) is 0 Å². The van der Waals surface area contributed by atoms with Gasteiger partial charge in [-0.15, -0.1) is 24.0 Å². The molecule has 1 heterocycles. The van der Waals surface area contributed by atoms with E-state index in [4.69, 9.17) is 0 Å². The molecule has 1 aliphatic carbocycles. The van der Waals surface area contributed by atoms with Crippen molar-refractivity contribution in [3.63, 3.8) is 0 Å². The molecule has 1 aromatic heterocycles. The van der Waals surface area contributed by atoms with E-state index >= 15 is 0 Å². The first kappa shape index (κ1) is 21.6. The molecule has 1 aromatic carbocycles. The minimum absolute atomic E-state index is 0. The molecule has 2 aromatic rings. The van der Waals surface area contributed by atoms with E-state index in [-0.39, 0.29) is 35.2 Å². The number of hydrogen-bond acceptors (Lipinski definition) is 3. The molecule has 1 unspecified atom stereocenters. The number of benzene rings is 1. The summed E-state index contributed by atoms with van der Waals surface area (Å²) in [6.07, 6.45) is 4.54. The van der Waals surface area contributed by atoms with Gasteiger partial charge < -0.3 is 15.7 Å². The molecule has 1 aliphatic rings. The van der Waals surface area contributed by atoms with Gasteiger partial charge in [-0.3, -0.25) is 9.98 Å². The Bertz CT molecular complexity index is 753. The van der Waals surface area contributed by atoms with E-state index in [0.29, 0.717) is 25.6 Å². The Balaban J connectivity index is 0.00000261. The number of nitrogens with one attached hydrogen (secondary N) is 2. The molecule has 7 heteroatoms. The monoisotopic (exact) mass is 484 g/mol. The van der Waals surface area contributed by atoms with Crippen LogP contribution in [0, 0.1) is 5.82 Å². The summed E-state index contributed by atoms with van der Waals surface area (Å²) in [6.45, 7) is 3.56. The van der Waals surface area contributed by atoms with Crippen LogP contribution in [0.25, 0.3) is 0 Å². The molecule has 0 bridgehead atoms. The molecule has 0 radical (unpaired) electrons. The first-order chi connectivity index (χ1) is 12.6. The number of nitrogens with zero attached hydrogens (tertiary/aromatic N) is 2. The number of aliphatic hydroxyl groups is 1. The van der Waals surface area contributed by atoms with E-state index in [1.54, 1.807) is 30.6 Å². The highest BCUT2D eigenvalue weighted by molar-refractivity contribution is 14.0. The Morgan fingerprint density at radius 3 is 2.56 bits per heavy atom. The van der Waals surface area contributed by atoms with Gasteiger partial charge in [0.05, 0.1) is 12.6 Å².